The lowest BCUT2D eigenvalue weighted by molar-refractivity contribution is -0.123. The van der Waals surface area contributed by atoms with Gasteiger partial charge in [0, 0.05) is 25.4 Å². The van der Waals surface area contributed by atoms with Gasteiger partial charge in [0.25, 0.3) is 0 Å². The number of hydrogen-bond donors (Lipinski definition) is 1. The van der Waals surface area contributed by atoms with Crippen LogP contribution < -0.4 is 5.32 Å². The van der Waals surface area contributed by atoms with E-state index in [-0.39, 0.29) is 24.0 Å². The number of nitrogens with one attached hydrogen (secondary N) is 1. The first kappa shape index (κ1) is 14.8. The summed E-state index contributed by atoms with van der Waals surface area (Å²) in [5.74, 6) is -0.132. The highest BCUT2D eigenvalue weighted by Gasteiger charge is 2.32. The van der Waals surface area contributed by atoms with Gasteiger partial charge in [-0.3, -0.25) is 9.48 Å². The normalized spacial score (nSPS) is 22.5. The van der Waals surface area contributed by atoms with Crippen molar-refractivity contribution in [1.82, 2.24) is 15.1 Å². The summed E-state index contributed by atoms with van der Waals surface area (Å²) < 4.78 is 7.54. The van der Waals surface area contributed by atoms with Crippen molar-refractivity contribution in [3.05, 3.63) is 53.9 Å². The van der Waals surface area contributed by atoms with Crippen LogP contribution in [0.25, 0.3) is 0 Å². The molecule has 1 aliphatic heterocycles. The second kappa shape index (κ2) is 6.32. The van der Waals surface area contributed by atoms with Crippen LogP contribution in [0.2, 0.25) is 0 Å². The van der Waals surface area contributed by atoms with E-state index >= 15 is 0 Å². The summed E-state index contributed by atoms with van der Waals surface area (Å²) in [5.41, 5.74) is 2.04. The van der Waals surface area contributed by atoms with E-state index in [4.69, 9.17) is 4.74 Å². The van der Waals surface area contributed by atoms with Gasteiger partial charge >= 0.3 is 0 Å². The summed E-state index contributed by atoms with van der Waals surface area (Å²) in [4.78, 5) is 12.5. The van der Waals surface area contributed by atoms with E-state index < -0.39 is 0 Å². The number of aromatic nitrogens is 2. The van der Waals surface area contributed by atoms with Crippen LogP contribution in [0.3, 0.4) is 0 Å². The minimum atomic E-state index is -0.170. The molecular weight excluding hydrogens is 278 g/mol. The number of ether oxygens (including phenoxy) is 1. The van der Waals surface area contributed by atoms with Crippen LogP contribution in [0.15, 0.2) is 42.7 Å². The number of carbonyl (C=O) groups excluding carboxylic acids is 1. The molecule has 5 heteroatoms. The number of aryl methyl sites for hydroxylation is 1. The van der Waals surface area contributed by atoms with Crippen LogP contribution in [0.4, 0.5) is 0 Å². The number of nitrogens with zero attached hydrogens (tertiary/aromatic N) is 2. The molecule has 2 aromatic rings. The fourth-order valence-electron chi connectivity index (χ4n) is 2.85. The minimum Gasteiger partial charge on any atom is -0.371 e. The van der Waals surface area contributed by atoms with Gasteiger partial charge < -0.3 is 10.1 Å². The van der Waals surface area contributed by atoms with Gasteiger partial charge in [-0.15, -0.1) is 0 Å². The first-order valence-electron chi connectivity index (χ1n) is 7.60. The zero-order chi connectivity index (χ0) is 15.5. The Morgan fingerprint density at radius 1 is 1.41 bits per heavy atom. The fraction of sp³-hybridized carbons (Fsp3) is 0.412. The average Bonchev–Trinajstić information content (AvgIpc) is 3.16. The SMILES string of the molecule is C[C@H](C(=O)N[C@H]1CCO[C@@H]1c1cnn(C)c1)c1ccccc1. The summed E-state index contributed by atoms with van der Waals surface area (Å²) in [6, 6.07) is 9.83. The highest BCUT2D eigenvalue weighted by Crippen LogP contribution is 2.29. The van der Waals surface area contributed by atoms with Crippen molar-refractivity contribution >= 4 is 5.91 Å². The first-order chi connectivity index (χ1) is 10.6. The maximum absolute atomic E-state index is 12.5. The Morgan fingerprint density at radius 3 is 2.86 bits per heavy atom. The Morgan fingerprint density at radius 2 is 2.18 bits per heavy atom. The van der Waals surface area contributed by atoms with E-state index in [2.05, 4.69) is 10.4 Å². The molecular formula is C17H21N3O2. The van der Waals surface area contributed by atoms with E-state index in [0.717, 1.165) is 17.5 Å². The van der Waals surface area contributed by atoms with Crippen molar-refractivity contribution in [3.8, 4) is 0 Å². The molecule has 5 nitrogen and oxygen atoms in total. The van der Waals surface area contributed by atoms with Crippen LogP contribution >= 0.6 is 0 Å². The lowest BCUT2D eigenvalue weighted by Gasteiger charge is -2.21. The van der Waals surface area contributed by atoms with Crippen molar-refractivity contribution < 1.29 is 9.53 Å². The highest BCUT2D eigenvalue weighted by molar-refractivity contribution is 5.83. The summed E-state index contributed by atoms with van der Waals surface area (Å²) in [5, 5.41) is 7.32. The van der Waals surface area contributed by atoms with E-state index in [9.17, 15) is 4.79 Å². The topological polar surface area (TPSA) is 56.1 Å². The number of rotatable bonds is 4. The summed E-state index contributed by atoms with van der Waals surface area (Å²) in [6.07, 6.45) is 4.46. The van der Waals surface area contributed by atoms with E-state index in [1.807, 2.05) is 50.5 Å². The van der Waals surface area contributed by atoms with E-state index in [1.54, 1.807) is 10.9 Å². The van der Waals surface area contributed by atoms with Crippen LogP contribution in [-0.2, 0) is 16.6 Å². The molecule has 116 valence electrons. The van der Waals surface area contributed by atoms with Crippen molar-refractivity contribution in [2.45, 2.75) is 31.4 Å². The third-order valence-corrected chi connectivity index (χ3v) is 4.17. The maximum atomic E-state index is 12.5. The molecule has 2 heterocycles. The van der Waals surface area contributed by atoms with E-state index in [0.29, 0.717) is 6.61 Å². The molecule has 1 fully saturated rings. The third kappa shape index (κ3) is 3.04. The minimum absolute atomic E-state index is 0.00265. The Kier molecular flexibility index (Phi) is 4.24. The molecule has 0 saturated carbocycles. The quantitative estimate of drug-likeness (QED) is 0.941. The lowest BCUT2D eigenvalue weighted by atomic mass is 9.98. The fourth-order valence-corrected chi connectivity index (χ4v) is 2.85. The molecule has 0 aliphatic carbocycles. The van der Waals surface area contributed by atoms with Crippen LogP contribution in [0.5, 0.6) is 0 Å². The first-order valence-corrected chi connectivity index (χ1v) is 7.60. The van der Waals surface area contributed by atoms with Gasteiger partial charge in [0.05, 0.1) is 18.2 Å². The zero-order valence-electron chi connectivity index (χ0n) is 12.9. The largest absolute Gasteiger partial charge is 0.371 e. The third-order valence-electron chi connectivity index (χ3n) is 4.17. The van der Waals surface area contributed by atoms with Crippen LogP contribution in [-0.4, -0.2) is 28.3 Å². The number of hydrogen-bond acceptors (Lipinski definition) is 3. The van der Waals surface area contributed by atoms with Gasteiger partial charge in [-0.05, 0) is 18.9 Å². The van der Waals surface area contributed by atoms with Crippen molar-refractivity contribution in [3.63, 3.8) is 0 Å². The van der Waals surface area contributed by atoms with Gasteiger partial charge in [-0.2, -0.15) is 5.10 Å². The summed E-state index contributed by atoms with van der Waals surface area (Å²) in [6.45, 7) is 2.59. The lowest BCUT2D eigenvalue weighted by Crippen LogP contribution is -2.39. The molecule has 0 radical (unpaired) electrons. The monoisotopic (exact) mass is 299 g/mol. The molecule has 22 heavy (non-hydrogen) atoms. The molecule has 1 aromatic carbocycles. The molecule has 1 aliphatic rings. The van der Waals surface area contributed by atoms with Gasteiger partial charge in [-0.25, -0.2) is 0 Å². The molecule has 0 spiro atoms. The van der Waals surface area contributed by atoms with Gasteiger partial charge in [0.15, 0.2) is 0 Å². The molecule has 1 amide bonds. The number of amides is 1. The number of carbonyl (C=O) groups is 1. The van der Waals surface area contributed by atoms with Crippen LogP contribution in [0, 0.1) is 0 Å². The Bertz CT molecular complexity index is 638. The zero-order valence-corrected chi connectivity index (χ0v) is 12.9. The van der Waals surface area contributed by atoms with E-state index in [1.165, 1.54) is 0 Å². The summed E-state index contributed by atoms with van der Waals surface area (Å²) in [7, 11) is 1.88. The molecule has 3 atom stereocenters. The summed E-state index contributed by atoms with van der Waals surface area (Å²) >= 11 is 0. The Labute approximate surface area is 130 Å². The van der Waals surface area contributed by atoms with Crippen molar-refractivity contribution in [1.29, 1.82) is 0 Å². The maximum Gasteiger partial charge on any atom is 0.227 e. The molecule has 3 rings (SSSR count). The van der Waals surface area contributed by atoms with Crippen molar-refractivity contribution in [2.24, 2.45) is 7.05 Å². The Balaban J connectivity index is 1.68. The number of benzene rings is 1. The van der Waals surface area contributed by atoms with Crippen molar-refractivity contribution in [2.75, 3.05) is 6.61 Å². The van der Waals surface area contributed by atoms with Gasteiger partial charge in [0.1, 0.15) is 6.10 Å². The average molecular weight is 299 g/mol. The highest BCUT2D eigenvalue weighted by atomic mass is 16.5. The predicted octanol–water partition coefficient (Wildman–Crippen LogP) is 2.17. The Hall–Kier alpha value is -2.14. The second-order valence-corrected chi connectivity index (χ2v) is 5.77. The second-order valence-electron chi connectivity index (χ2n) is 5.77. The molecule has 1 saturated heterocycles. The smallest absolute Gasteiger partial charge is 0.227 e. The molecule has 1 aromatic heterocycles. The van der Waals surface area contributed by atoms with Crippen LogP contribution in [0.1, 0.15) is 36.5 Å². The predicted molar refractivity (Wildman–Crippen MR) is 83.3 cm³/mol. The van der Waals surface area contributed by atoms with Gasteiger partial charge in [0.2, 0.25) is 5.91 Å². The molecule has 0 bridgehead atoms. The standard InChI is InChI=1S/C17H21N3O2/c1-12(13-6-4-3-5-7-13)17(21)19-15-8-9-22-16(15)14-10-18-20(2)11-14/h3-7,10-12,15-16H,8-9H2,1-2H3,(H,19,21)/t12-,15-,16+/m0/s1. The molecule has 0 unspecified atom stereocenters. The van der Waals surface area contributed by atoms with Gasteiger partial charge in [-0.1, -0.05) is 30.3 Å². The molecule has 1 N–H and O–H groups in total.